The molecule has 0 radical (unpaired) electrons. The highest BCUT2D eigenvalue weighted by molar-refractivity contribution is 5.97. The van der Waals surface area contributed by atoms with Crippen molar-refractivity contribution in [3.05, 3.63) is 95.8 Å². The molecule has 1 atom stereocenters. The molecule has 0 saturated heterocycles. The molecular weight excluding hydrogens is 315 g/mol. The van der Waals surface area contributed by atoms with Gasteiger partial charge in [0.1, 0.15) is 11.9 Å². The summed E-state index contributed by atoms with van der Waals surface area (Å²) in [7, 11) is 0. The molecule has 25 heavy (non-hydrogen) atoms. The quantitative estimate of drug-likeness (QED) is 0.695. The number of halogens is 1. The lowest BCUT2D eigenvalue weighted by Crippen LogP contribution is -2.27. The van der Waals surface area contributed by atoms with Gasteiger partial charge < -0.3 is 10.6 Å². The molecule has 0 heterocycles. The fraction of sp³-hybridized carbons (Fsp3) is 0.0952. The monoisotopic (exact) mass is 334 g/mol. The number of hydrogen-bond acceptors (Lipinski definition) is 2. The van der Waals surface area contributed by atoms with Gasteiger partial charge in [0.2, 0.25) is 0 Å². The van der Waals surface area contributed by atoms with Gasteiger partial charge in [0, 0.05) is 11.4 Å². The predicted octanol–water partition coefficient (Wildman–Crippen LogP) is 4.93. The number of amides is 1. The Balaban J connectivity index is 1.83. The number of benzene rings is 3. The molecule has 0 aromatic heterocycles. The highest BCUT2D eigenvalue weighted by atomic mass is 19.1. The van der Waals surface area contributed by atoms with E-state index in [-0.39, 0.29) is 11.7 Å². The smallest absolute Gasteiger partial charge is 0.251 e. The fourth-order valence-corrected chi connectivity index (χ4v) is 2.51. The first-order valence-corrected chi connectivity index (χ1v) is 8.06. The Morgan fingerprint density at radius 3 is 2.08 bits per heavy atom. The first kappa shape index (κ1) is 16.7. The maximum Gasteiger partial charge on any atom is 0.251 e. The van der Waals surface area contributed by atoms with Crippen LogP contribution in [0.25, 0.3) is 0 Å². The SMILES string of the molecule is Cc1ccc(NC(=O)[C@H](Nc2ccc(F)cc2)c2ccccc2)cc1. The average Bonchev–Trinajstić information content (AvgIpc) is 2.64. The summed E-state index contributed by atoms with van der Waals surface area (Å²) in [6.45, 7) is 1.99. The summed E-state index contributed by atoms with van der Waals surface area (Å²) in [5.41, 5.74) is 3.37. The van der Waals surface area contributed by atoms with Gasteiger partial charge >= 0.3 is 0 Å². The predicted molar refractivity (Wildman–Crippen MR) is 99.0 cm³/mol. The van der Waals surface area contributed by atoms with Crippen LogP contribution in [0.1, 0.15) is 17.2 Å². The fourth-order valence-electron chi connectivity index (χ4n) is 2.51. The van der Waals surface area contributed by atoms with Gasteiger partial charge in [0.15, 0.2) is 0 Å². The minimum Gasteiger partial charge on any atom is -0.370 e. The summed E-state index contributed by atoms with van der Waals surface area (Å²) in [4.78, 5) is 12.8. The Labute approximate surface area is 146 Å². The lowest BCUT2D eigenvalue weighted by atomic mass is 10.1. The van der Waals surface area contributed by atoms with Crippen molar-refractivity contribution in [1.82, 2.24) is 0 Å². The topological polar surface area (TPSA) is 41.1 Å². The zero-order valence-corrected chi connectivity index (χ0v) is 13.9. The minimum atomic E-state index is -0.590. The summed E-state index contributed by atoms with van der Waals surface area (Å²) < 4.78 is 13.1. The van der Waals surface area contributed by atoms with E-state index in [2.05, 4.69) is 10.6 Å². The molecule has 0 unspecified atom stereocenters. The van der Waals surface area contributed by atoms with Crippen LogP contribution in [-0.4, -0.2) is 5.91 Å². The number of hydrogen-bond donors (Lipinski definition) is 2. The maximum absolute atomic E-state index is 13.1. The van der Waals surface area contributed by atoms with Crippen molar-refractivity contribution in [2.45, 2.75) is 13.0 Å². The van der Waals surface area contributed by atoms with Crippen LogP contribution in [0, 0.1) is 12.7 Å². The van der Waals surface area contributed by atoms with E-state index < -0.39 is 6.04 Å². The van der Waals surface area contributed by atoms with E-state index in [0.717, 1.165) is 16.8 Å². The minimum absolute atomic E-state index is 0.181. The Bertz CT molecular complexity index is 830. The van der Waals surface area contributed by atoms with Gasteiger partial charge in [-0.2, -0.15) is 0 Å². The zero-order valence-electron chi connectivity index (χ0n) is 13.9. The van der Waals surface area contributed by atoms with E-state index in [1.165, 1.54) is 12.1 Å². The maximum atomic E-state index is 13.1. The van der Waals surface area contributed by atoms with Gasteiger partial charge in [-0.05, 0) is 48.9 Å². The van der Waals surface area contributed by atoms with Crippen LogP contribution >= 0.6 is 0 Å². The van der Waals surface area contributed by atoms with Crippen molar-refractivity contribution in [1.29, 1.82) is 0 Å². The van der Waals surface area contributed by atoms with Gasteiger partial charge in [-0.3, -0.25) is 4.79 Å². The van der Waals surface area contributed by atoms with Crippen molar-refractivity contribution in [2.75, 3.05) is 10.6 Å². The number of carbonyl (C=O) groups excluding carboxylic acids is 1. The Kier molecular flexibility index (Phi) is 5.09. The molecule has 0 aliphatic heterocycles. The molecule has 2 N–H and O–H groups in total. The van der Waals surface area contributed by atoms with Crippen LogP contribution in [-0.2, 0) is 4.79 Å². The van der Waals surface area contributed by atoms with E-state index in [4.69, 9.17) is 0 Å². The van der Waals surface area contributed by atoms with Gasteiger partial charge in [-0.15, -0.1) is 0 Å². The highest BCUT2D eigenvalue weighted by Gasteiger charge is 2.20. The molecule has 3 aromatic rings. The first-order chi connectivity index (χ1) is 12.1. The second kappa shape index (κ2) is 7.62. The summed E-state index contributed by atoms with van der Waals surface area (Å²) in [6, 6.07) is 22.4. The van der Waals surface area contributed by atoms with Crippen molar-refractivity contribution in [3.8, 4) is 0 Å². The van der Waals surface area contributed by atoms with Crippen LogP contribution in [0.2, 0.25) is 0 Å². The molecule has 1 amide bonds. The third kappa shape index (κ3) is 4.44. The Morgan fingerprint density at radius 1 is 0.840 bits per heavy atom. The number of rotatable bonds is 5. The largest absolute Gasteiger partial charge is 0.370 e. The lowest BCUT2D eigenvalue weighted by Gasteiger charge is -2.20. The van der Waals surface area contributed by atoms with Crippen molar-refractivity contribution < 1.29 is 9.18 Å². The van der Waals surface area contributed by atoms with Crippen LogP contribution in [0.5, 0.6) is 0 Å². The molecule has 0 aliphatic rings. The van der Waals surface area contributed by atoms with Crippen LogP contribution in [0.4, 0.5) is 15.8 Å². The van der Waals surface area contributed by atoms with Crippen molar-refractivity contribution in [3.63, 3.8) is 0 Å². The molecule has 126 valence electrons. The molecule has 4 heteroatoms. The van der Waals surface area contributed by atoms with E-state index in [0.29, 0.717) is 5.69 Å². The van der Waals surface area contributed by atoms with E-state index >= 15 is 0 Å². The van der Waals surface area contributed by atoms with E-state index in [1.807, 2.05) is 61.5 Å². The van der Waals surface area contributed by atoms with Gasteiger partial charge in [-0.1, -0.05) is 48.0 Å². The average molecular weight is 334 g/mol. The van der Waals surface area contributed by atoms with Crippen LogP contribution in [0.15, 0.2) is 78.9 Å². The molecule has 3 nitrogen and oxygen atoms in total. The molecule has 3 aromatic carbocycles. The summed E-state index contributed by atoms with van der Waals surface area (Å²) >= 11 is 0. The summed E-state index contributed by atoms with van der Waals surface area (Å²) in [6.07, 6.45) is 0. The normalized spacial score (nSPS) is 11.6. The summed E-state index contributed by atoms with van der Waals surface area (Å²) in [5.74, 6) is -0.495. The molecular formula is C21H19FN2O. The molecule has 0 saturated carbocycles. The van der Waals surface area contributed by atoms with Crippen molar-refractivity contribution >= 4 is 17.3 Å². The number of aryl methyl sites for hydroxylation is 1. The van der Waals surface area contributed by atoms with E-state index in [1.54, 1.807) is 12.1 Å². The van der Waals surface area contributed by atoms with Crippen LogP contribution < -0.4 is 10.6 Å². The molecule has 0 fully saturated rings. The third-order valence-corrected chi connectivity index (χ3v) is 3.87. The third-order valence-electron chi connectivity index (χ3n) is 3.87. The Morgan fingerprint density at radius 2 is 1.44 bits per heavy atom. The Hall–Kier alpha value is -3.14. The molecule has 0 aliphatic carbocycles. The van der Waals surface area contributed by atoms with Gasteiger partial charge in [-0.25, -0.2) is 4.39 Å². The van der Waals surface area contributed by atoms with E-state index in [9.17, 15) is 9.18 Å². The van der Waals surface area contributed by atoms with Gasteiger partial charge in [0.25, 0.3) is 5.91 Å². The first-order valence-electron chi connectivity index (χ1n) is 8.06. The zero-order chi connectivity index (χ0) is 17.6. The van der Waals surface area contributed by atoms with Crippen LogP contribution in [0.3, 0.4) is 0 Å². The number of nitrogens with one attached hydrogen (secondary N) is 2. The standard InChI is InChI=1S/C21H19FN2O/c1-15-7-11-19(12-8-15)24-21(25)20(16-5-3-2-4-6-16)23-18-13-9-17(22)10-14-18/h2-14,20,23H,1H3,(H,24,25)/t20-/m1/s1. The van der Waals surface area contributed by atoms with Gasteiger partial charge in [0.05, 0.1) is 0 Å². The molecule has 0 bridgehead atoms. The second-order valence-corrected chi connectivity index (χ2v) is 5.85. The number of carbonyl (C=O) groups is 1. The highest BCUT2D eigenvalue weighted by Crippen LogP contribution is 2.22. The number of anilines is 2. The second-order valence-electron chi connectivity index (χ2n) is 5.85. The lowest BCUT2D eigenvalue weighted by molar-refractivity contribution is -0.117. The molecule has 3 rings (SSSR count). The van der Waals surface area contributed by atoms with Crippen molar-refractivity contribution in [2.24, 2.45) is 0 Å². The summed E-state index contributed by atoms with van der Waals surface area (Å²) in [5, 5.41) is 6.10. The molecule has 0 spiro atoms.